The van der Waals surface area contributed by atoms with Crippen molar-refractivity contribution >= 4 is 34.3 Å². The van der Waals surface area contributed by atoms with Gasteiger partial charge in [0.05, 0.1) is 0 Å². The zero-order valence-electron chi connectivity index (χ0n) is 12.7. The van der Waals surface area contributed by atoms with Crippen LogP contribution in [0.15, 0.2) is 58.3 Å². The van der Waals surface area contributed by atoms with Gasteiger partial charge < -0.3 is 4.90 Å². The molecule has 0 saturated heterocycles. The second-order valence-corrected chi connectivity index (χ2v) is 6.53. The predicted octanol–water partition coefficient (Wildman–Crippen LogP) is 5.25. The van der Waals surface area contributed by atoms with Crippen molar-refractivity contribution in [3.8, 4) is 0 Å². The molecule has 1 heterocycles. The van der Waals surface area contributed by atoms with E-state index in [2.05, 4.69) is 43.3 Å². The molecule has 116 valence electrons. The van der Waals surface area contributed by atoms with Crippen LogP contribution in [-0.2, 0) is 0 Å². The summed E-state index contributed by atoms with van der Waals surface area (Å²) >= 11 is 1.72. The summed E-state index contributed by atoms with van der Waals surface area (Å²) in [7, 11) is 4.13. The van der Waals surface area contributed by atoms with Crippen LogP contribution in [0.25, 0.3) is 5.57 Å². The Morgan fingerprint density at radius 1 is 1.05 bits per heavy atom. The maximum absolute atomic E-state index is 13.6. The summed E-state index contributed by atoms with van der Waals surface area (Å²) in [5, 5.41) is 0. The molecule has 0 radical (unpaired) electrons. The maximum Gasteiger partial charge on any atom is 0.123 e. The minimum absolute atomic E-state index is 0. The van der Waals surface area contributed by atoms with Crippen molar-refractivity contribution in [1.82, 2.24) is 4.90 Å². The minimum Gasteiger partial charge on any atom is -0.309 e. The second-order valence-electron chi connectivity index (χ2n) is 5.45. The fraction of sp³-hybridized carbons (Fsp3) is 0.222. The maximum atomic E-state index is 13.6. The average molecular weight is 380 g/mol. The summed E-state index contributed by atoms with van der Waals surface area (Å²) in [5.41, 5.74) is 3.37. The van der Waals surface area contributed by atoms with Crippen molar-refractivity contribution in [2.75, 3.05) is 20.6 Å². The van der Waals surface area contributed by atoms with Gasteiger partial charge in [-0.25, -0.2) is 4.39 Å². The molecule has 4 heteroatoms. The summed E-state index contributed by atoms with van der Waals surface area (Å²) in [4.78, 5) is 4.53. The standard InChI is InChI=1S/C18H18FNS.BrH/c1-20(2)11-5-7-14-15-6-3-4-8-17(15)21-18-10-9-13(19)12-16(14)18;/h3-4,6-10,12H,5,11H2,1-2H3;1H/b14-7+;. The highest BCUT2D eigenvalue weighted by atomic mass is 79.9. The van der Waals surface area contributed by atoms with Crippen LogP contribution in [0, 0.1) is 5.82 Å². The van der Waals surface area contributed by atoms with E-state index in [1.807, 2.05) is 12.1 Å². The lowest BCUT2D eigenvalue weighted by atomic mass is 9.96. The van der Waals surface area contributed by atoms with Gasteiger partial charge in [-0.15, -0.1) is 17.0 Å². The van der Waals surface area contributed by atoms with E-state index in [1.54, 1.807) is 17.8 Å². The van der Waals surface area contributed by atoms with Gasteiger partial charge in [-0.1, -0.05) is 36.0 Å². The third-order valence-corrected chi connectivity index (χ3v) is 4.71. The Hall–Kier alpha value is -1.10. The van der Waals surface area contributed by atoms with E-state index in [-0.39, 0.29) is 22.8 Å². The third kappa shape index (κ3) is 3.62. The average Bonchev–Trinajstić information content (AvgIpc) is 2.46. The van der Waals surface area contributed by atoms with Gasteiger partial charge in [0.2, 0.25) is 0 Å². The van der Waals surface area contributed by atoms with Crippen LogP contribution in [0.3, 0.4) is 0 Å². The molecule has 3 rings (SSSR count). The number of hydrogen-bond acceptors (Lipinski definition) is 2. The Bertz CT molecular complexity index is 697. The van der Waals surface area contributed by atoms with Gasteiger partial charge in [-0.3, -0.25) is 0 Å². The van der Waals surface area contributed by atoms with Gasteiger partial charge >= 0.3 is 0 Å². The van der Waals surface area contributed by atoms with Crippen molar-refractivity contribution in [2.45, 2.75) is 16.2 Å². The first kappa shape index (κ1) is 17.3. The molecule has 2 aromatic carbocycles. The lowest BCUT2D eigenvalue weighted by Gasteiger charge is -2.22. The highest BCUT2D eigenvalue weighted by molar-refractivity contribution is 8.93. The van der Waals surface area contributed by atoms with Crippen LogP contribution in [0.2, 0.25) is 0 Å². The Morgan fingerprint density at radius 2 is 1.77 bits per heavy atom. The van der Waals surface area contributed by atoms with Gasteiger partial charge in [0.25, 0.3) is 0 Å². The number of hydrogen-bond donors (Lipinski definition) is 0. The van der Waals surface area contributed by atoms with Crippen LogP contribution in [0.5, 0.6) is 0 Å². The van der Waals surface area contributed by atoms with Crippen molar-refractivity contribution < 1.29 is 4.39 Å². The van der Waals surface area contributed by atoms with Gasteiger partial charge in [0.1, 0.15) is 5.82 Å². The largest absolute Gasteiger partial charge is 0.309 e. The molecule has 0 aliphatic carbocycles. The van der Waals surface area contributed by atoms with Gasteiger partial charge in [0, 0.05) is 16.3 Å². The van der Waals surface area contributed by atoms with Crippen molar-refractivity contribution in [3.05, 3.63) is 65.5 Å². The highest BCUT2D eigenvalue weighted by Crippen LogP contribution is 2.45. The fourth-order valence-electron chi connectivity index (χ4n) is 2.53. The van der Waals surface area contributed by atoms with E-state index in [4.69, 9.17) is 0 Å². The molecule has 0 saturated carbocycles. The first-order valence-electron chi connectivity index (χ1n) is 7.07. The summed E-state index contributed by atoms with van der Waals surface area (Å²) in [6.45, 7) is 0.990. The number of rotatable bonds is 3. The molecule has 0 spiro atoms. The second kappa shape index (κ2) is 7.44. The topological polar surface area (TPSA) is 3.24 Å². The molecule has 2 aromatic rings. The Kier molecular flexibility index (Phi) is 5.84. The summed E-state index contributed by atoms with van der Waals surface area (Å²) in [5.74, 6) is -0.174. The summed E-state index contributed by atoms with van der Waals surface area (Å²) in [6, 6.07) is 13.4. The molecule has 0 atom stereocenters. The zero-order chi connectivity index (χ0) is 14.8. The van der Waals surface area contributed by atoms with E-state index < -0.39 is 0 Å². The fourth-order valence-corrected chi connectivity index (χ4v) is 3.62. The van der Waals surface area contributed by atoms with E-state index in [9.17, 15) is 4.39 Å². The summed E-state index contributed by atoms with van der Waals surface area (Å²) < 4.78 is 13.6. The van der Waals surface area contributed by atoms with Gasteiger partial charge in [-0.2, -0.15) is 0 Å². The number of fused-ring (bicyclic) bond motifs is 2. The highest BCUT2D eigenvalue weighted by Gasteiger charge is 2.20. The molecular weight excluding hydrogens is 361 g/mol. The van der Waals surface area contributed by atoms with Crippen LogP contribution < -0.4 is 0 Å². The molecule has 1 nitrogen and oxygen atoms in total. The molecule has 0 bridgehead atoms. The normalized spacial score (nSPS) is 14.5. The van der Waals surface area contributed by atoms with E-state index in [0.29, 0.717) is 0 Å². The molecule has 0 fully saturated rings. The van der Waals surface area contributed by atoms with Crippen molar-refractivity contribution in [1.29, 1.82) is 0 Å². The number of nitrogens with zero attached hydrogens (tertiary/aromatic N) is 1. The number of benzene rings is 2. The van der Waals surface area contributed by atoms with Crippen LogP contribution in [0.4, 0.5) is 4.39 Å². The van der Waals surface area contributed by atoms with Crippen LogP contribution in [-0.4, -0.2) is 25.5 Å². The molecule has 22 heavy (non-hydrogen) atoms. The molecule has 0 N–H and O–H groups in total. The third-order valence-electron chi connectivity index (χ3n) is 3.55. The van der Waals surface area contributed by atoms with Crippen LogP contribution >= 0.6 is 28.7 Å². The van der Waals surface area contributed by atoms with E-state index in [1.165, 1.54) is 16.5 Å². The van der Waals surface area contributed by atoms with E-state index in [0.717, 1.165) is 29.0 Å². The quantitative estimate of drug-likeness (QED) is 0.611. The Balaban J connectivity index is 0.00000176. The Labute approximate surface area is 146 Å². The lowest BCUT2D eigenvalue weighted by Crippen LogP contribution is -2.12. The van der Waals surface area contributed by atoms with Crippen molar-refractivity contribution in [3.63, 3.8) is 0 Å². The summed E-state index contributed by atoms with van der Waals surface area (Å²) in [6.07, 6.45) is 3.19. The molecule has 0 unspecified atom stereocenters. The SMILES string of the molecule is Br.CN(C)CC/C=C1\c2ccccc2Sc2ccc(F)cc21. The smallest absolute Gasteiger partial charge is 0.123 e. The van der Waals surface area contributed by atoms with Crippen LogP contribution in [0.1, 0.15) is 17.5 Å². The van der Waals surface area contributed by atoms with Gasteiger partial charge in [-0.05, 0) is 61.5 Å². The molecular formula is C18H19BrFNS. The predicted molar refractivity (Wildman–Crippen MR) is 97.5 cm³/mol. The zero-order valence-corrected chi connectivity index (χ0v) is 15.2. The van der Waals surface area contributed by atoms with Crippen molar-refractivity contribution in [2.24, 2.45) is 0 Å². The number of halogens is 2. The first-order valence-corrected chi connectivity index (χ1v) is 7.89. The monoisotopic (exact) mass is 379 g/mol. The first-order chi connectivity index (χ1) is 10.1. The molecule has 0 amide bonds. The molecule has 1 aliphatic heterocycles. The minimum atomic E-state index is -0.174. The Morgan fingerprint density at radius 3 is 2.55 bits per heavy atom. The molecule has 1 aliphatic rings. The van der Waals surface area contributed by atoms with E-state index >= 15 is 0 Å². The van der Waals surface area contributed by atoms with Gasteiger partial charge in [0.15, 0.2) is 0 Å². The molecule has 0 aromatic heterocycles. The lowest BCUT2D eigenvalue weighted by molar-refractivity contribution is 0.417.